The maximum atomic E-state index is 12.9. The Bertz CT molecular complexity index is 719. The van der Waals surface area contributed by atoms with Gasteiger partial charge in [0.1, 0.15) is 0 Å². The Balaban J connectivity index is 2.50. The highest BCUT2D eigenvalue weighted by atomic mass is 79.9. The van der Waals surface area contributed by atoms with E-state index in [0.29, 0.717) is 28.0 Å². The monoisotopic (exact) mass is 387 g/mol. The molecule has 1 amide bonds. The Morgan fingerprint density at radius 1 is 1.26 bits per heavy atom. The molecule has 2 rings (SSSR count). The van der Waals surface area contributed by atoms with Crippen LogP contribution in [0.25, 0.3) is 11.4 Å². The van der Waals surface area contributed by atoms with E-state index < -0.39 is 17.6 Å². The van der Waals surface area contributed by atoms with Crippen LogP contribution in [-0.4, -0.2) is 15.9 Å². The van der Waals surface area contributed by atoms with Crippen LogP contribution >= 0.6 is 15.9 Å². The first-order valence-corrected chi connectivity index (χ1v) is 7.80. The molecule has 0 bridgehead atoms. The number of hydrogen-bond donors (Lipinski definition) is 1. The molecule has 0 spiro atoms. The molecule has 8 heteroatoms. The number of benzene rings is 1. The van der Waals surface area contributed by atoms with E-state index >= 15 is 0 Å². The molecule has 23 heavy (non-hydrogen) atoms. The number of aryl methyl sites for hydroxylation is 1. The molecule has 122 valence electrons. The number of nitrogens with two attached hydrogens (primary N) is 1. The summed E-state index contributed by atoms with van der Waals surface area (Å²) in [5, 5.41) is 0.500. The van der Waals surface area contributed by atoms with Crippen LogP contribution in [0.15, 0.2) is 30.5 Å². The Kier molecular flexibility index (Phi) is 5.35. The smallest absolute Gasteiger partial charge is 0.370 e. The highest BCUT2D eigenvalue weighted by Gasteiger charge is 2.31. The lowest BCUT2D eigenvalue weighted by Gasteiger charge is -2.13. The molecule has 0 aliphatic heterocycles. The fraction of sp³-hybridized carbons (Fsp3) is 0.267. The summed E-state index contributed by atoms with van der Waals surface area (Å²) in [6, 6.07) is 5.02. The average Bonchev–Trinajstić information content (AvgIpc) is 2.51. The zero-order valence-corrected chi connectivity index (χ0v) is 13.5. The second-order valence-corrected chi connectivity index (χ2v) is 5.40. The van der Waals surface area contributed by atoms with Crippen molar-refractivity contribution in [1.82, 2.24) is 9.97 Å². The molecule has 0 unspecified atom stereocenters. The van der Waals surface area contributed by atoms with E-state index in [1.54, 1.807) is 6.07 Å². The standard InChI is InChI=1S/C15H13BrF3N3O/c16-8-11-5-6-21-14(22-11)12-3-2-10(15(17,18)19)7-9(12)1-4-13(20)23/h2-3,5-7H,1,4,8H2,(H2,20,23). The summed E-state index contributed by atoms with van der Waals surface area (Å²) in [7, 11) is 0. The highest BCUT2D eigenvalue weighted by molar-refractivity contribution is 9.08. The molecular formula is C15H13BrF3N3O. The molecule has 0 saturated heterocycles. The zero-order valence-electron chi connectivity index (χ0n) is 11.9. The summed E-state index contributed by atoms with van der Waals surface area (Å²) in [5.41, 5.74) is 5.82. The molecule has 0 aliphatic rings. The van der Waals surface area contributed by atoms with Crippen molar-refractivity contribution in [2.75, 3.05) is 0 Å². The summed E-state index contributed by atoms with van der Waals surface area (Å²) >= 11 is 3.27. The van der Waals surface area contributed by atoms with Gasteiger partial charge in [-0.25, -0.2) is 9.97 Å². The summed E-state index contributed by atoms with van der Waals surface area (Å²) in [6.07, 6.45) is -2.88. The van der Waals surface area contributed by atoms with Gasteiger partial charge in [0, 0.05) is 23.5 Å². The van der Waals surface area contributed by atoms with Gasteiger partial charge in [-0.15, -0.1) is 0 Å². The van der Waals surface area contributed by atoms with Gasteiger partial charge >= 0.3 is 6.18 Å². The molecule has 2 aromatic rings. The van der Waals surface area contributed by atoms with Crippen LogP contribution in [0.4, 0.5) is 13.2 Å². The van der Waals surface area contributed by atoms with Crippen molar-refractivity contribution < 1.29 is 18.0 Å². The Morgan fingerprint density at radius 3 is 2.61 bits per heavy atom. The van der Waals surface area contributed by atoms with Gasteiger partial charge in [0.15, 0.2) is 5.82 Å². The van der Waals surface area contributed by atoms with Gasteiger partial charge in [-0.05, 0) is 30.2 Å². The molecule has 0 fully saturated rings. The van der Waals surface area contributed by atoms with Crippen LogP contribution in [0.1, 0.15) is 23.2 Å². The van der Waals surface area contributed by atoms with E-state index in [4.69, 9.17) is 5.73 Å². The van der Waals surface area contributed by atoms with Gasteiger partial charge in [-0.3, -0.25) is 4.79 Å². The Labute approximate surface area is 139 Å². The molecule has 1 aromatic heterocycles. The third kappa shape index (κ3) is 4.51. The predicted octanol–water partition coefficient (Wildman–Crippen LogP) is 3.48. The van der Waals surface area contributed by atoms with Crippen molar-refractivity contribution >= 4 is 21.8 Å². The van der Waals surface area contributed by atoms with Crippen LogP contribution in [0, 0.1) is 0 Å². The summed E-state index contributed by atoms with van der Waals surface area (Å²) < 4.78 is 38.7. The Hall–Kier alpha value is -1.96. The molecule has 0 atom stereocenters. The first-order chi connectivity index (χ1) is 10.8. The van der Waals surface area contributed by atoms with Crippen molar-refractivity contribution in [2.24, 2.45) is 5.73 Å². The van der Waals surface area contributed by atoms with Gasteiger partial charge in [-0.1, -0.05) is 22.0 Å². The van der Waals surface area contributed by atoms with Crippen LogP contribution in [-0.2, 0) is 22.7 Å². The molecule has 2 N–H and O–H groups in total. The quantitative estimate of drug-likeness (QED) is 0.798. The zero-order chi connectivity index (χ0) is 17.0. The lowest BCUT2D eigenvalue weighted by molar-refractivity contribution is -0.137. The first-order valence-electron chi connectivity index (χ1n) is 6.68. The van der Waals surface area contributed by atoms with E-state index in [9.17, 15) is 18.0 Å². The van der Waals surface area contributed by atoms with E-state index in [1.807, 2.05) is 0 Å². The minimum absolute atomic E-state index is 0.0492. The fourth-order valence-corrected chi connectivity index (χ4v) is 2.37. The van der Waals surface area contributed by atoms with Crippen LogP contribution in [0.3, 0.4) is 0 Å². The van der Waals surface area contributed by atoms with Crippen LogP contribution in [0.5, 0.6) is 0 Å². The lowest BCUT2D eigenvalue weighted by Crippen LogP contribution is -2.12. The SMILES string of the molecule is NC(=O)CCc1cc(C(F)(F)F)ccc1-c1nccc(CBr)n1. The highest BCUT2D eigenvalue weighted by Crippen LogP contribution is 2.33. The number of amides is 1. The van der Waals surface area contributed by atoms with Crippen LogP contribution < -0.4 is 5.73 Å². The fourth-order valence-electron chi connectivity index (χ4n) is 2.05. The van der Waals surface area contributed by atoms with Gasteiger partial charge < -0.3 is 5.73 Å². The number of carbonyl (C=O) groups is 1. The third-order valence-electron chi connectivity index (χ3n) is 3.16. The second-order valence-electron chi connectivity index (χ2n) is 4.84. The molecule has 1 aromatic carbocycles. The van der Waals surface area contributed by atoms with Crippen molar-refractivity contribution in [3.05, 3.63) is 47.3 Å². The van der Waals surface area contributed by atoms with Gasteiger partial charge in [0.25, 0.3) is 0 Å². The third-order valence-corrected chi connectivity index (χ3v) is 3.74. The molecule has 4 nitrogen and oxygen atoms in total. The molecule has 0 aliphatic carbocycles. The normalized spacial score (nSPS) is 11.5. The maximum absolute atomic E-state index is 12.9. The largest absolute Gasteiger partial charge is 0.416 e. The molecular weight excluding hydrogens is 375 g/mol. The van der Waals surface area contributed by atoms with Crippen molar-refractivity contribution in [3.8, 4) is 11.4 Å². The number of nitrogens with zero attached hydrogens (tertiary/aromatic N) is 2. The summed E-state index contributed by atoms with van der Waals surface area (Å²) in [4.78, 5) is 19.4. The first kappa shape index (κ1) is 17.4. The van der Waals surface area contributed by atoms with Gasteiger partial charge in [0.2, 0.25) is 5.91 Å². The Morgan fingerprint density at radius 2 is 2.00 bits per heavy atom. The molecule has 0 radical (unpaired) electrons. The van der Waals surface area contributed by atoms with Crippen molar-refractivity contribution in [2.45, 2.75) is 24.3 Å². The van der Waals surface area contributed by atoms with Gasteiger partial charge in [0.05, 0.1) is 11.3 Å². The average molecular weight is 388 g/mol. The number of hydrogen-bond acceptors (Lipinski definition) is 3. The maximum Gasteiger partial charge on any atom is 0.416 e. The summed E-state index contributed by atoms with van der Waals surface area (Å²) in [6.45, 7) is 0. The van der Waals surface area contributed by atoms with Crippen molar-refractivity contribution in [1.29, 1.82) is 0 Å². The minimum Gasteiger partial charge on any atom is -0.370 e. The minimum atomic E-state index is -4.46. The summed E-state index contributed by atoms with van der Waals surface area (Å²) in [5.74, 6) is -0.265. The predicted molar refractivity (Wildman–Crippen MR) is 82.6 cm³/mol. The van der Waals surface area contributed by atoms with Crippen LogP contribution in [0.2, 0.25) is 0 Å². The number of aromatic nitrogens is 2. The topological polar surface area (TPSA) is 68.9 Å². The number of alkyl halides is 4. The molecule has 0 saturated carbocycles. The van der Waals surface area contributed by atoms with Crippen molar-refractivity contribution in [3.63, 3.8) is 0 Å². The van der Waals surface area contributed by atoms with E-state index in [-0.39, 0.29) is 12.8 Å². The molecule has 1 heterocycles. The van der Waals surface area contributed by atoms with E-state index in [0.717, 1.165) is 12.1 Å². The number of rotatable bonds is 5. The van der Waals surface area contributed by atoms with Gasteiger partial charge in [-0.2, -0.15) is 13.2 Å². The lowest BCUT2D eigenvalue weighted by atomic mass is 9.98. The number of halogens is 4. The number of carbonyl (C=O) groups excluding carboxylic acids is 1. The van der Waals surface area contributed by atoms with E-state index in [1.165, 1.54) is 12.3 Å². The second kappa shape index (κ2) is 7.08. The number of primary amides is 1. The van der Waals surface area contributed by atoms with E-state index in [2.05, 4.69) is 25.9 Å².